The van der Waals surface area contributed by atoms with Crippen LogP contribution in [-0.4, -0.2) is 19.4 Å². The predicted octanol–water partition coefficient (Wildman–Crippen LogP) is 3.04. The zero-order chi connectivity index (χ0) is 15.8. The van der Waals surface area contributed by atoms with Crippen molar-refractivity contribution >= 4 is 11.7 Å². The van der Waals surface area contributed by atoms with Crippen molar-refractivity contribution in [3.05, 3.63) is 47.5 Å². The lowest BCUT2D eigenvalue weighted by atomic mass is 9.94. The summed E-state index contributed by atoms with van der Waals surface area (Å²) in [7, 11) is 0. The van der Waals surface area contributed by atoms with Gasteiger partial charge in [-0.2, -0.15) is 0 Å². The molecule has 23 heavy (non-hydrogen) atoms. The number of carbonyl (C=O) groups is 1. The third kappa shape index (κ3) is 2.32. The number of para-hydroxylation sites is 1. The Labute approximate surface area is 133 Å². The molecule has 2 aliphatic heterocycles. The van der Waals surface area contributed by atoms with Gasteiger partial charge in [0.1, 0.15) is 5.75 Å². The molecule has 2 amide bonds. The molecule has 2 aliphatic rings. The average molecular weight is 312 g/mol. The lowest BCUT2D eigenvalue weighted by Gasteiger charge is -2.29. The molecule has 0 aromatic heterocycles. The minimum atomic E-state index is -0.309. The minimum absolute atomic E-state index is 0.194. The van der Waals surface area contributed by atoms with Gasteiger partial charge < -0.3 is 24.8 Å². The Morgan fingerprint density at radius 3 is 2.78 bits per heavy atom. The smallest absolute Gasteiger partial charge is 0.320 e. The number of amides is 2. The molecule has 0 saturated heterocycles. The summed E-state index contributed by atoms with van der Waals surface area (Å²) in [5, 5.41) is 5.77. The number of nitrogens with one attached hydrogen (secondary N) is 2. The molecule has 118 valence electrons. The molecule has 0 radical (unpaired) electrons. The van der Waals surface area contributed by atoms with Gasteiger partial charge in [0.2, 0.25) is 6.79 Å². The maximum absolute atomic E-state index is 12.0. The van der Waals surface area contributed by atoms with E-state index in [1.807, 2.05) is 37.3 Å². The molecule has 6 heteroatoms. The first kappa shape index (κ1) is 13.8. The van der Waals surface area contributed by atoms with Gasteiger partial charge >= 0.3 is 6.03 Å². The van der Waals surface area contributed by atoms with Gasteiger partial charge in [0.15, 0.2) is 11.5 Å². The van der Waals surface area contributed by atoms with Crippen molar-refractivity contribution in [2.24, 2.45) is 0 Å². The van der Waals surface area contributed by atoms with E-state index in [2.05, 4.69) is 10.6 Å². The second-order valence-electron chi connectivity index (χ2n) is 5.30. The molecule has 4 rings (SSSR count). The molecule has 0 aliphatic carbocycles. The van der Waals surface area contributed by atoms with Crippen molar-refractivity contribution in [1.29, 1.82) is 0 Å². The quantitative estimate of drug-likeness (QED) is 0.914. The van der Waals surface area contributed by atoms with Crippen LogP contribution in [0.25, 0.3) is 0 Å². The summed E-state index contributed by atoms with van der Waals surface area (Å²) >= 11 is 0. The summed E-state index contributed by atoms with van der Waals surface area (Å²) in [5.41, 5.74) is 2.54. The van der Waals surface area contributed by atoms with E-state index in [0.29, 0.717) is 23.8 Å². The van der Waals surface area contributed by atoms with Crippen LogP contribution < -0.4 is 24.8 Å². The number of carbonyl (C=O) groups excluding carboxylic acids is 1. The Morgan fingerprint density at radius 2 is 1.96 bits per heavy atom. The number of ether oxygens (including phenoxy) is 3. The monoisotopic (exact) mass is 312 g/mol. The summed E-state index contributed by atoms with van der Waals surface area (Å²) in [5.74, 6) is 2.08. The fourth-order valence-corrected chi connectivity index (χ4v) is 2.92. The van der Waals surface area contributed by atoms with Gasteiger partial charge in [0, 0.05) is 17.2 Å². The van der Waals surface area contributed by atoms with Crippen molar-refractivity contribution in [2.75, 3.05) is 18.7 Å². The van der Waals surface area contributed by atoms with Crippen LogP contribution in [0.5, 0.6) is 17.2 Å². The fraction of sp³-hybridized carbons (Fsp3) is 0.235. The van der Waals surface area contributed by atoms with Gasteiger partial charge in [-0.05, 0) is 19.1 Å². The number of hydrogen-bond donors (Lipinski definition) is 2. The maximum Gasteiger partial charge on any atom is 0.320 e. The molecular formula is C17H16N2O4. The first-order valence-corrected chi connectivity index (χ1v) is 7.49. The SMILES string of the molecule is CCOc1ccccc1C1NC(=O)Nc2cc3c(cc21)OCO3. The largest absolute Gasteiger partial charge is 0.494 e. The van der Waals surface area contributed by atoms with Gasteiger partial charge in [-0.1, -0.05) is 18.2 Å². The topological polar surface area (TPSA) is 68.8 Å². The van der Waals surface area contributed by atoms with Crippen LogP contribution >= 0.6 is 0 Å². The molecule has 1 atom stereocenters. The third-order valence-electron chi connectivity index (χ3n) is 3.91. The Bertz CT molecular complexity index is 775. The summed E-state index contributed by atoms with van der Waals surface area (Å²) in [6, 6.07) is 10.8. The van der Waals surface area contributed by atoms with Crippen molar-refractivity contribution in [3.63, 3.8) is 0 Å². The Balaban J connectivity index is 1.83. The highest BCUT2D eigenvalue weighted by molar-refractivity contribution is 5.94. The Morgan fingerprint density at radius 1 is 1.17 bits per heavy atom. The first-order chi connectivity index (χ1) is 11.3. The maximum atomic E-state index is 12.0. The summed E-state index contributed by atoms with van der Waals surface area (Å²) in [6.07, 6.45) is 0. The van der Waals surface area contributed by atoms with E-state index in [9.17, 15) is 4.79 Å². The number of anilines is 1. The Hall–Kier alpha value is -2.89. The molecule has 2 heterocycles. The van der Waals surface area contributed by atoms with Crippen LogP contribution in [0.15, 0.2) is 36.4 Å². The molecule has 2 aromatic rings. The summed E-state index contributed by atoms with van der Waals surface area (Å²) in [4.78, 5) is 12.0. The zero-order valence-electron chi connectivity index (χ0n) is 12.6. The van der Waals surface area contributed by atoms with E-state index in [1.54, 1.807) is 6.07 Å². The summed E-state index contributed by atoms with van der Waals surface area (Å²) < 4.78 is 16.5. The number of benzene rings is 2. The highest BCUT2D eigenvalue weighted by atomic mass is 16.7. The molecule has 2 aromatic carbocycles. The number of fused-ring (bicyclic) bond motifs is 2. The molecule has 1 unspecified atom stereocenters. The van der Waals surface area contributed by atoms with Crippen LogP contribution in [-0.2, 0) is 0 Å². The van der Waals surface area contributed by atoms with Gasteiger partial charge in [-0.15, -0.1) is 0 Å². The van der Waals surface area contributed by atoms with Crippen molar-refractivity contribution in [2.45, 2.75) is 13.0 Å². The van der Waals surface area contributed by atoms with E-state index in [4.69, 9.17) is 14.2 Å². The van der Waals surface area contributed by atoms with E-state index in [1.165, 1.54) is 0 Å². The third-order valence-corrected chi connectivity index (χ3v) is 3.91. The highest BCUT2D eigenvalue weighted by Crippen LogP contribution is 2.43. The number of hydrogen-bond acceptors (Lipinski definition) is 4. The van der Waals surface area contributed by atoms with Gasteiger partial charge in [0.25, 0.3) is 0 Å². The second kappa shape index (κ2) is 5.39. The number of rotatable bonds is 3. The van der Waals surface area contributed by atoms with E-state index in [-0.39, 0.29) is 18.9 Å². The van der Waals surface area contributed by atoms with Gasteiger partial charge in [0.05, 0.1) is 18.3 Å². The molecule has 0 fully saturated rings. The van der Waals surface area contributed by atoms with E-state index in [0.717, 1.165) is 16.9 Å². The van der Waals surface area contributed by atoms with Crippen molar-refractivity contribution < 1.29 is 19.0 Å². The van der Waals surface area contributed by atoms with Crippen LogP contribution in [0.3, 0.4) is 0 Å². The van der Waals surface area contributed by atoms with E-state index >= 15 is 0 Å². The lowest BCUT2D eigenvalue weighted by molar-refractivity contribution is 0.174. The average Bonchev–Trinajstić information content (AvgIpc) is 3.00. The Kier molecular flexibility index (Phi) is 3.22. The summed E-state index contributed by atoms with van der Waals surface area (Å²) in [6.45, 7) is 2.69. The van der Waals surface area contributed by atoms with E-state index < -0.39 is 0 Å². The number of urea groups is 1. The van der Waals surface area contributed by atoms with Crippen molar-refractivity contribution in [1.82, 2.24) is 5.32 Å². The lowest BCUT2D eigenvalue weighted by Crippen LogP contribution is -2.38. The molecular weight excluding hydrogens is 296 g/mol. The predicted molar refractivity (Wildman–Crippen MR) is 84.2 cm³/mol. The van der Waals surface area contributed by atoms with Crippen LogP contribution in [0.1, 0.15) is 24.1 Å². The second-order valence-corrected chi connectivity index (χ2v) is 5.30. The van der Waals surface area contributed by atoms with Crippen LogP contribution in [0.2, 0.25) is 0 Å². The highest BCUT2D eigenvalue weighted by Gasteiger charge is 2.30. The van der Waals surface area contributed by atoms with Gasteiger partial charge in [-0.3, -0.25) is 0 Å². The molecule has 0 bridgehead atoms. The van der Waals surface area contributed by atoms with Crippen molar-refractivity contribution in [3.8, 4) is 17.2 Å². The molecule has 6 nitrogen and oxygen atoms in total. The fourth-order valence-electron chi connectivity index (χ4n) is 2.92. The molecule has 0 spiro atoms. The standard InChI is InChI=1S/C17H16N2O4/c1-2-21-13-6-4-3-5-10(13)16-11-7-14-15(23-9-22-14)8-12(11)18-17(20)19-16/h3-8,16H,2,9H2,1H3,(H2,18,19,20). The normalized spacial score (nSPS) is 18.0. The van der Waals surface area contributed by atoms with Crippen LogP contribution in [0.4, 0.5) is 10.5 Å². The first-order valence-electron chi connectivity index (χ1n) is 7.49. The molecule has 0 saturated carbocycles. The zero-order valence-corrected chi connectivity index (χ0v) is 12.6. The minimum Gasteiger partial charge on any atom is -0.494 e. The molecule has 2 N–H and O–H groups in total. The van der Waals surface area contributed by atoms with Gasteiger partial charge in [-0.25, -0.2) is 4.79 Å². The van der Waals surface area contributed by atoms with Crippen LogP contribution in [0, 0.1) is 0 Å².